The normalized spacial score (nSPS) is 11.3. The van der Waals surface area contributed by atoms with E-state index in [1.54, 1.807) is 17.8 Å². The number of aromatic nitrogens is 5. The largest absolute Gasteiger partial charge is 0.484 e. The Kier molecular flexibility index (Phi) is 7.33. The highest BCUT2D eigenvalue weighted by Gasteiger charge is 2.20. The summed E-state index contributed by atoms with van der Waals surface area (Å²) in [5.41, 5.74) is 0. The number of hydrogen-bond acceptors (Lipinski definition) is 7. The van der Waals surface area contributed by atoms with Crippen molar-refractivity contribution >= 4 is 23.4 Å². The number of thioether (sulfide) groups is 1. The second-order valence-electron chi connectivity index (χ2n) is 6.20. The molecule has 150 valence electrons. The van der Waals surface area contributed by atoms with Crippen molar-refractivity contribution in [3.05, 3.63) is 46.8 Å². The number of aryl methyl sites for hydroxylation is 1. The van der Waals surface area contributed by atoms with Crippen LogP contribution in [-0.2, 0) is 18.8 Å². The van der Waals surface area contributed by atoms with Crippen molar-refractivity contribution in [2.24, 2.45) is 0 Å². The molecule has 1 aromatic carbocycles. The fourth-order valence-corrected chi connectivity index (χ4v) is 3.91. The van der Waals surface area contributed by atoms with Crippen LogP contribution in [0.15, 0.2) is 33.9 Å². The molecule has 0 amide bonds. The first-order valence-corrected chi connectivity index (χ1v) is 10.8. The third-order valence-corrected chi connectivity index (χ3v) is 5.63. The van der Waals surface area contributed by atoms with Crippen molar-refractivity contribution in [3.8, 4) is 5.75 Å². The van der Waals surface area contributed by atoms with Gasteiger partial charge in [-0.1, -0.05) is 61.4 Å². The van der Waals surface area contributed by atoms with Crippen LogP contribution in [-0.4, -0.2) is 24.9 Å². The SMILES string of the molecule is CCc1nc(CSc2nnc(COc3ccccc3Cl)n2C(CC)CC)no1. The van der Waals surface area contributed by atoms with E-state index in [1.807, 2.05) is 25.1 Å². The van der Waals surface area contributed by atoms with Gasteiger partial charge in [-0.3, -0.25) is 0 Å². The van der Waals surface area contributed by atoms with Gasteiger partial charge >= 0.3 is 0 Å². The first kappa shape index (κ1) is 20.7. The summed E-state index contributed by atoms with van der Waals surface area (Å²) in [6.45, 7) is 6.61. The van der Waals surface area contributed by atoms with Gasteiger partial charge in [0.15, 0.2) is 16.8 Å². The number of rotatable bonds is 10. The fourth-order valence-electron chi connectivity index (χ4n) is 2.85. The Bertz CT molecular complexity index is 894. The zero-order valence-electron chi connectivity index (χ0n) is 16.3. The highest BCUT2D eigenvalue weighted by molar-refractivity contribution is 7.98. The predicted molar refractivity (Wildman–Crippen MR) is 109 cm³/mol. The smallest absolute Gasteiger partial charge is 0.226 e. The lowest BCUT2D eigenvalue weighted by Crippen LogP contribution is -2.14. The lowest BCUT2D eigenvalue weighted by atomic mass is 10.2. The molecule has 0 fully saturated rings. The van der Waals surface area contributed by atoms with E-state index in [0.717, 1.165) is 30.2 Å². The second kappa shape index (κ2) is 9.93. The second-order valence-corrected chi connectivity index (χ2v) is 7.55. The first-order chi connectivity index (χ1) is 13.7. The topological polar surface area (TPSA) is 78.9 Å². The summed E-state index contributed by atoms with van der Waals surface area (Å²) in [4.78, 5) is 4.36. The number of benzene rings is 1. The summed E-state index contributed by atoms with van der Waals surface area (Å²) in [5, 5.41) is 14.2. The van der Waals surface area contributed by atoms with Gasteiger partial charge in [-0.25, -0.2) is 0 Å². The molecule has 0 spiro atoms. The molecule has 0 aliphatic rings. The quantitative estimate of drug-likeness (QED) is 0.421. The Balaban J connectivity index is 1.77. The van der Waals surface area contributed by atoms with Crippen molar-refractivity contribution < 1.29 is 9.26 Å². The maximum absolute atomic E-state index is 6.19. The van der Waals surface area contributed by atoms with Crippen LogP contribution >= 0.6 is 23.4 Å². The number of para-hydroxylation sites is 1. The summed E-state index contributed by atoms with van der Waals surface area (Å²) >= 11 is 7.74. The Morgan fingerprint density at radius 2 is 1.96 bits per heavy atom. The lowest BCUT2D eigenvalue weighted by molar-refractivity contribution is 0.278. The van der Waals surface area contributed by atoms with Gasteiger partial charge in [0.2, 0.25) is 5.89 Å². The molecule has 0 unspecified atom stereocenters. The molecule has 0 aliphatic carbocycles. The van der Waals surface area contributed by atoms with Crippen LogP contribution in [0.5, 0.6) is 5.75 Å². The van der Waals surface area contributed by atoms with Crippen molar-refractivity contribution in [1.29, 1.82) is 0 Å². The third kappa shape index (κ3) is 4.86. The van der Waals surface area contributed by atoms with Gasteiger partial charge in [0.25, 0.3) is 0 Å². The van der Waals surface area contributed by atoms with E-state index >= 15 is 0 Å². The summed E-state index contributed by atoms with van der Waals surface area (Å²) in [7, 11) is 0. The van der Waals surface area contributed by atoms with Crippen LogP contribution in [0.1, 0.15) is 57.2 Å². The standard InChI is InChI=1S/C19H24ClN5O2S/c1-4-13(5-2)25-17(11-26-15-10-8-7-9-14(15)20)22-23-19(25)28-12-16-21-18(6-3)27-24-16/h7-10,13H,4-6,11-12H2,1-3H3. The van der Waals surface area contributed by atoms with E-state index in [4.69, 9.17) is 20.9 Å². The molecule has 0 atom stereocenters. The molecule has 2 aromatic heterocycles. The predicted octanol–water partition coefficient (Wildman–Crippen LogP) is 5.11. The van der Waals surface area contributed by atoms with Crippen LogP contribution in [0.2, 0.25) is 5.02 Å². The lowest BCUT2D eigenvalue weighted by Gasteiger charge is -2.19. The van der Waals surface area contributed by atoms with Crippen LogP contribution in [0.25, 0.3) is 0 Å². The summed E-state index contributed by atoms with van der Waals surface area (Å²) in [5.74, 6) is 3.29. The van der Waals surface area contributed by atoms with E-state index in [-0.39, 0.29) is 0 Å². The average molecular weight is 422 g/mol. The van der Waals surface area contributed by atoms with Crippen LogP contribution in [0.4, 0.5) is 0 Å². The van der Waals surface area contributed by atoms with E-state index < -0.39 is 0 Å². The van der Waals surface area contributed by atoms with Gasteiger partial charge in [0.05, 0.1) is 10.8 Å². The van der Waals surface area contributed by atoms with Crippen LogP contribution in [0, 0.1) is 0 Å². The molecule has 0 bridgehead atoms. The minimum Gasteiger partial charge on any atom is -0.484 e. The highest BCUT2D eigenvalue weighted by Crippen LogP contribution is 2.29. The van der Waals surface area contributed by atoms with Crippen molar-refractivity contribution in [2.45, 2.75) is 63.6 Å². The van der Waals surface area contributed by atoms with Gasteiger partial charge in [-0.05, 0) is 25.0 Å². The number of nitrogens with zero attached hydrogens (tertiary/aromatic N) is 5. The van der Waals surface area contributed by atoms with E-state index in [1.165, 1.54) is 0 Å². The Morgan fingerprint density at radius 1 is 1.18 bits per heavy atom. The zero-order chi connectivity index (χ0) is 19.9. The number of hydrogen-bond donors (Lipinski definition) is 0. The van der Waals surface area contributed by atoms with Crippen molar-refractivity contribution in [2.75, 3.05) is 0 Å². The molecule has 3 rings (SSSR count). The molecule has 2 heterocycles. The van der Waals surface area contributed by atoms with Crippen molar-refractivity contribution in [3.63, 3.8) is 0 Å². The molecule has 0 aliphatic heterocycles. The minimum absolute atomic E-state index is 0.291. The molecule has 0 N–H and O–H groups in total. The molecule has 9 heteroatoms. The Hall–Kier alpha value is -2.06. The van der Waals surface area contributed by atoms with Gasteiger partial charge in [-0.2, -0.15) is 4.98 Å². The van der Waals surface area contributed by atoms with Gasteiger partial charge in [0, 0.05) is 12.5 Å². The molecule has 28 heavy (non-hydrogen) atoms. The molecule has 7 nitrogen and oxygen atoms in total. The molecular formula is C19H24ClN5O2S. The Morgan fingerprint density at radius 3 is 2.64 bits per heavy atom. The number of halogens is 1. The molecule has 0 radical (unpaired) electrons. The summed E-state index contributed by atoms with van der Waals surface area (Å²) in [6.07, 6.45) is 2.68. The maximum Gasteiger partial charge on any atom is 0.226 e. The molecule has 0 saturated heterocycles. The monoisotopic (exact) mass is 421 g/mol. The van der Waals surface area contributed by atoms with E-state index in [2.05, 4.69) is 38.8 Å². The zero-order valence-corrected chi connectivity index (χ0v) is 17.8. The fraction of sp³-hybridized carbons (Fsp3) is 0.474. The molecule has 3 aromatic rings. The van der Waals surface area contributed by atoms with Gasteiger partial charge in [-0.15, -0.1) is 10.2 Å². The van der Waals surface area contributed by atoms with Gasteiger partial charge in [0.1, 0.15) is 12.4 Å². The highest BCUT2D eigenvalue weighted by atomic mass is 35.5. The van der Waals surface area contributed by atoms with Gasteiger partial charge < -0.3 is 13.8 Å². The average Bonchev–Trinajstić information content (AvgIpc) is 3.34. The van der Waals surface area contributed by atoms with Crippen LogP contribution in [0.3, 0.4) is 0 Å². The number of ether oxygens (including phenoxy) is 1. The van der Waals surface area contributed by atoms with E-state index in [0.29, 0.717) is 40.9 Å². The summed E-state index contributed by atoms with van der Waals surface area (Å²) in [6, 6.07) is 7.71. The van der Waals surface area contributed by atoms with Crippen LogP contribution < -0.4 is 4.74 Å². The summed E-state index contributed by atoms with van der Waals surface area (Å²) < 4.78 is 13.2. The third-order valence-electron chi connectivity index (χ3n) is 4.38. The molecule has 0 saturated carbocycles. The maximum atomic E-state index is 6.19. The molecular weight excluding hydrogens is 398 g/mol. The Labute approximate surface area is 173 Å². The first-order valence-electron chi connectivity index (χ1n) is 9.41. The van der Waals surface area contributed by atoms with E-state index in [9.17, 15) is 0 Å². The minimum atomic E-state index is 0.291. The van der Waals surface area contributed by atoms with Crippen molar-refractivity contribution in [1.82, 2.24) is 24.9 Å².